The van der Waals surface area contributed by atoms with Crippen LogP contribution in [0.1, 0.15) is 50.4 Å². The maximum Gasteiger partial charge on any atom is 0.243 e. The van der Waals surface area contributed by atoms with Crippen molar-refractivity contribution in [2.45, 2.75) is 56.4 Å². The highest BCUT2D eigenvalue weighted by molar-refractivity contribution is 7.89. The molecule has 1 aromatic heterocycles. The van der Waals surface area contributed by atoms with Gasteiger partial charge in [0.15, 0.2) is 0 Å². The summed E-state index contributed by atoms with van der Waals surface area (Å²) in [6.45, 7) is 2.50. The summed E-state index contributed by atoms with van der Waals surface area (Å²) in [5.41, 5.74) is 2.09. The highest BCUT2D eigenvalue weighted by atomic mass is 32.2. The number of imidazole rings is 1. The van der Waals surface area contributed by atoms with Crippen LogP contribution in [0.25, 0.3) is 11.0 Å². The summed E-state index contributed by atoms with van der Waals surface area (Å²) in [6, 6.07) is 11.4. The molecule has 1 N–H and O–H groups in total. The van der Waals surface area contributed by atoms with Gasteiger partial charge in [0.25, 0.3) is 0 Å². The van der Waals surface area contributed by atoms with Gasteiger partial charge >= 0.3 is 0 Å². The number of amides is 1. The number of sulfonamides is 1. The van der Waals surface area contributed by atoms with E-state index in [0.29, 0.717) is 30.1 Å². The SMILES string of the molecule is Cc1nc2cc(S(=O)(=O)N3CCC(C(=O)Nc4cccc(F)c4)CC3)ccc2n1C1CCCC1. The smallest absolute Gasteiger partial charge is 0.243 e. The van der Waals surface area contributed by atoms with Crippen molar-refractivity contribution in [2.24, 2.45) is 5.92 Å². The van der Waals surface area contributed by atoms with Gasteiger partial charge in [-0.1, -0.05) is 18.9 Å². The Morgan fingerprint density at radius 2 is 1.79 bits per heavy atom. The van der Waals surface area contributed by atoms with Crippen molar-refractivity contribution < 1.29 is 17.6 Å². The highest BCUT2D eigenvalue weighted by Crippen LogP contribution is 2.34. The molecule has 1 amide bonds. The van der Waals surface area contributed by atoms with E-state index in [1.165, 1.54) is 35.3 Å². The van der Waals surface area contributed by atoms with E-state index < -0.39 is 15.8 Å². The lowest BCUT2D eigenvalue weighted by Crippen LogP contribution is -2.41. The van der Waals surface area contributed by atoms with Crippen LogP contribution in [0.4, 0.5) is 10.1 Å². The third kappa shape index (κ3) is 4.34. The number of aryl methyl sites for hydroxylation is 1. The van der Waals surface area contributed by atoms with Gasteiger partial charge in [-0.15, -0.1) is 0 Å². The Morgan fingerprint density at radius 1 is 1.06 bits per heavy atom. The molecular formula is C25H29FN4O3S. The fourth-order valence-corrected chi connectivity index (χ4v) is 6.79. The molecule has 0 unspecified atom stereocenters. The molecule has 34 heavy (non-hydrogen) atoms. The maximum atomic E-state index is 13.4. The highest BCUT2D eigenvalue weighted by Gasteiger charge is 2.33. The number of anilines is 1. The van der Waals surface area contributed by atoms with Gasteiger partial charge in [0, 0.05) is 30.7 Å². The van der Waals surface area contributed by atoms with Crippen LogP contribution < -0.4 is 5.32 Å². The summed E-state index contributed by atoms with van der Waals surface area (Å²) in [5, 5.41) is 2.73. The lowest BCUT2D eigenvalue weighted by molar-refractivity contribution is -0.120. The van der Waals surface area contributed by atoms with E-state index in [-0.39, 0.29) is 29.8 Å². The first-order valence-corrected chi connectivity index (χ1v) is 13.3. The van der Waals surface area contributed by atoms with Gasteiger partial charge in [0.2, 0.25) is 15.9 Å². The zero-order valence-corrected chi connectivity index (χ0v) is 20.0. The number of carbonyl (C=O) groups is 1. The molecule has 3 aromatic rings. The first-order valence-electron chi connectivity index (χ1n) is 11.9. The second-order valence-corrected chi connectivity index (χ2v) is 11.2. The number of benzene rings is 2. The van der Waals surface area contributed by atoms with E-state index in [9.17, 15) is 17.6 Å². The number of carbonyl (C=O) groups excluding carboxylic acids is 1. The van der Waals surface area contributed by atoms with Crippen molar-refractivity contribution in [3.63, 3.8) is 0 Å². The van der Waals surface area contributed by atoms with Gasteiger partial charge < -0.3 is 9.88 Å². The number of hydrogen-bond donors (Lipinski definition) is 1. The van der Waals surface area contributed by atoms with Crippen LogP contribution in [-0.4, -0.2) is 41.3 Å². The van der Waals surface area contributed by atoms with Crippen molar-refractivity contribution >= 4 is 32.7 Å². The Balaban J connectivity index is 1.28. The zero-order chi connectivity index (χ0) is 23.9. The molecule has 5 rings (SSSR count). The number of nitrogens with zero attached hydrogens (tertiary/aromatic N) is 3. The monoisotopic (exact) mass is 484 g/mol. The molecule has 1 aliphatic heterocycles. The predicted octanol–water partition coefficient (Wildman–Crippen LogP) is 4.64. The van der Waals surface area contributed by atoms with E-state index in [4.69, 9.17) is 0 Å². The van der Waals surface area contributed by atoms with E-state index in [0.717, 1.165) is 24.2 Å². The first kappa shape index (κ1) is 23.0. The van der Waals surface area contributed by atoms with Crippen LogP contribution in [0, 0.1) is 18.7 Å². The third-order valence-corrected chi connectivity index (χ3v) is 8.98. The molecule has 180 valence electrons. The molecule has 0 spiro atoms. The Morgan fingerprint density at radius 3 is 2.50 bits per heavy atom. The van der Waals surface area contributed by atoms with Crippen molar-refractivity contribution in [3.8, 4) is 0 Å². The number of piperidine rings is 1. The number of hydrogen-bond acceptors (Lipinski definition) is 4. The average molecular weight is 485 g/mol. The number of fused-ring (bicyclic) bond motifs is 1. The number of aromatic nitrogens is 2. The summed E-state index contributed by atoms with van der Waals surface area (Å²) in [4.78, 5) is 17.5. The van der Waals surface area contributed by atoms with Gasteiger partial charge in [0.05, 0.1) is 15.9 Å². The van der Waals surface area contributed by atoms with Crippen LogP contribution in [0.15, 0.2) is 47.4 Å². The van der Waals surface area contributed by atoms with E-state index in [1.807, 2.05) is 13.0 Å². The standard InChI is InChI=1S/C25H29FN4O3S/c1-17-27-23-16-22(9-10-24(23)30(17)21-7-2-3-8-21)34(32,33)29-13-11-18(12-14-29)25(31)28-20-6-4-5-19(26)15-20/h4-6,9-10,15-16,18,21H,2-3,7-8,11-14H2,1H3,(H,28,31). The normalized spacial score (nSPS) is 18.5. The Bertz CT molecular complexity index is 1320. The molecule has 9 heteroatoms. The lowest BCUT2D eigenvalue weighted by Gasteiger charge is -2.30. The summed E-state index contributed by atoms with van der Waals surface area (Å²) in [6.07, 6.45) is 5.52. The fraction of sp³-hybridized carbons (Fsp3) is 0.440. The van der Waals surface area contributed by atoms with Gasteiger partial charge in [-0.05, 0) is 69.0 Å². The first-order chi connectivity index (χ1) is 16.3. The maximum absolute atomic E-state index is 13.4. The molecular weight excluding hydrogens is 455 g/mol. The second kappa shape index (κ2) is 9.11. The van der Waals surface area contributed by atoms with Crippen molar-refractivity contribution in [3.05, 3.63) is 54.1 Å². The van der Waals surface area contributed by atoms with Crippen LogP contribution in [0.3, 0.4) is 0 Å². The van der Waals surface area contributed by atoms with Crippen LogP contribution in [-0.2, 0) is 14.8 Å². The van der Waals surface area contributed by atoms with Gasteiger partial charge in [-0.25, -0.2) is 17.8 Å². The van der Waals surface area contributed by atoms with Crippen LogP contribution in [0.5, 0.6) is 0 Å². The summed E-state index contributed by atoms with van der Waals surface area (Å²) >= 11 is 0. The van der Waals surface area contributed by atoms with Crippen molar-refractivity contribution in [1.82, 2.24) is 13.9 Å². The molecule has 2 aromatic carbocycles. The second-order valence-electron chi connectivity index (χ2n) is 9.30. The van der Waals surface area contributed by atoms with E-state index >= 15 is 0 Å². The van der Waals surface area contributed by atoms with E-state index in [2.05, 4.69) is 14.9 Å². The van der Waals surface area contributed by atoms with Gasteiger partial charge in [-0.2, -0.15) is 4.31 Å². The Kier molecular flexibility index (Phi) is 6.16. The molecule has 1 saturated carbocycles. The third-order valence-electron chi connectivity index (χ3n) is 7.08. The van der Waals surface area contributed by atoms with E-state index in [1.54, 1.807) is 18.2 Å². The molecule has 2 fully saturated rings. The Hall–Kier alpha value is -2.78. The number of nitrogens with one attached hydrogen (secondary N) is 1. The summed E-state index contributed by atoms with van der Waals surface area (Å²) < 4.78 is 43.7. The molecule has 7 nitrogen and oxygen atoms in total. The quantitative estimate of drug-likeness (QED) is 0.572. The average Bonchev–Trinajstić information content (AvgIpc) is 3.45. The summed E-state index contributed by atoms with van der Waals surface area (Å²) in [5.74, 6) is -0.0283. The zero-order valence-electron chi connectivity index (χ0n) is 19.2. The molecule has 0 atom stereocenters. The number of rotatable bonds is 5. The minimum atomic E-state index is -3.69. The molecule has 1 aliphatic carbocycles. The lowest BCUT2D eigenvalue weighted by atomic mass is 9.97. The molecule has 0 bridgehead atoms. The van der Waals surface area contributed by atoms with Crippen LogP contribution >= 0.6 is 0 Å². The minimum Gasteiger partial charge on any atom is -0.326 e. The molecule has 1 saturated heterocycles. The molecule has 2 aliphatic rings. The largest absolute Gasteiger partial charge is 0.326 e. The van der Waals surface area contributed by atoms with Crippen LogP contribution in [0.2, 0.25) is 0 Å². The number of halogens is 1. The van der Waals surface area contributed by atoms with Crippen molar-refractivity contribution in [1.29, 1.82) is 0 Å². The van der Waals surface area contributed by atoms with Gasteiger partial charge in [-0.3, -0.25) is 4.79 Å². The predicted molar refractivity (Wildman–Crippen MR) is 128 cm³/mol. The minimum absolute atomic E-state index is 0.211. The molecule has 0 radical (unpaired) electrons. The van der Waals surface area contributed by atoms with Crippen molar-refractivity contribution in [2.75, 3.05) is 18.4 Å². The summed E-state index contributed by atoms with van der Waals surface area (Å²) in [7, 11) is -3.69. The fourth-order valence-electron chi connectivity index (χ4n) is 5.30. The Labute approximate surface area is 199 Å². The molecule has 2 heterocycles. The van der Waals surface area contributed by atoms with Gasteiger partial charge in [0.1, 0.15) is 11.6 Å². The topological polar surface area (TPSA) is 84.3 Å².